The molecule has 0 heterocycles. The molecule has 0 atom stereocenters. The molecule has 0 saturated carbocycles. The van der Waals surface area contributed by atoms with E-state index in [0.29, 0.717) is 5.57 Å². The van der Waals surface area contributed by atoms with Gasteiger partial charge in [-0.2, -0.15) is 0 Å². The summed E-state index contributed by atoms with van der Waals surface area (Å²) in [5.74, 6) is 0.691. The average molecular weight is 131 g/mol. The molecule has 2 N–H and O–H groups in total. The zero-order valence-corrected chi connectivity index (χ0v) is 5.31. The molecule has 4 heteroatoms. The molecule has 0 aromatic rings. The first-order valence-corrected chi connectivity index (χ1v) is 2.85. The van der Waals surface area contributed by atoms with Gasteiger partial charge in [0.15, 0.2) is 8.46 Å². The van der Waals surface area contributed by atoms with Gasteiger partial charge in [-0.1, -0.05) is 0 Å². The molecule has 0 saturated heterocycles. The number of nitrogens with two attached hydrogens (primary N) is 1. The van der Waals surface area contributed by atoms with Crippen molar-refractivity contribution in [1.29, 1.82) is 0 Å². The minimum atomic E-state index is -0.534. The first kappa shape index (κ1) is 7.31. The fourth-order valence-electron chi connectivity index (χ4n) is 0.143. The Kier molecular flexibility index (Phi) is 3.04. The van der Waals surface area contributed by atoms with Crippen LogP contribution in [-0.2, 0) is 9.36 Å². The van der Waals surface area contributed by atoms with Crippen LogP contribution in [0.4, 0.5) is 0 Å². The number of amides is 1. The van der Waals surface area contributed by atoms with Crippen LogP contribution in [0.1, 0.15) is 6.92 Å². The van der Waals surface area contributed by atoms with Crippen LogP contribution in [0.2, 0.25) is 0 Å². The maximum Gasteiger partial charge on any atom is 0.244 e. The van der Waals surface area contributed by atoms with Gasteiger partial charge in [0.1, 0.15) is 0 Å². The van der Waals surface area contributed by atoms with Crippen LogP contribution in [0, 0.1) is 0 Å². The second-order valence-corrected chi connectivity index (χ2v) is 1.75. The quantitative estimate of drug-likeness (QED) is 0.442. The summed E-state index contributed by atoms with van der Waals surface area (Å²) in [6.07, 6.45) is 0. The summed E-state index contributed by atoms with van der Waals surface area (Å²) in [4.78, 5) is 10.1. The van der Waals surface area contributed by atoms with E-state index in [0.717, 1.165) is 0 Å². The second kappa shape index (κ2) is 3.33. The van der Waals surface area contributed by atoms with Gasteiger partial charge >= 0.3 is 0 Å². The minimum Gasteiger partial charge on any atom is -0.366 e. The first-order chi connectivity index (χ1) is 3.68. The summed E-state index contributed by atoms with van der Waals surface area (Å²) < 4.78 is 9.73. The van der Waals surface area contributed by atoms with Crippen LogP contribution >= 0.6 is 8.46 Å². The maximum atomic E-state index is 10.1. The second-order valence-electron chi connectivity index (χ2n) is 1.28. The van der Waals surface area contributed by atoms with E-state index in [4.69, 9.17) is 5.73 Å². The Bertz CT molecular complexity index is 141. The van der Waals surface area contributed by atoms with E-state index in [1.165, 1.54) is 12.7 Å². The molecule has 0 fully saturated rings. The van der Waals surface area contributed by atoms with Gasteiger partial charge in [-0.05, 0) is 6.92 Å². The number of hydrogen-bond acceptors (Lipinski definition) is 2. The third-order valence-electron chi connectivity index (χ3n) is 0.635. The summed E-state index contributed by atoms with van der Waals surface area (Å²) in [6, 6.07) is 0. The summed E-state index contributed by atoms with van der Waals surface area (Å²) in [5.41, 5.74) is 5.09. The van der Waals surface area contributed by atoms with Crippen molar-refractivity contribution in [1.82, 2.24) is 0 Å². The van der Waals surface area contributed by atoms with E-state index in [9.17, 15) is 9.36 Å². The van der Waals surface area contributed by atoms with Crippen molar-refractivity contribution in [2.75, 3.05) is 0 Å². The van der Waals surface area contributed by atoms with Crippen LogP contribution in [0.3, 0.4) is 0 Å². The van der Waals surface area contributed by atoms with Gasteiger partial charge in [0.25, 0.3) is 0 Å². The van der Waals surface area contributed by atoms with Crippen LogP contribution in [0.5, 0.6) is 0 Å². The Hall–Kier alpha value is -0.690. The Morgan fingerprint density at radius 3 is 2.38 bits per heavy atom. The van der Waals surface area contributed by atoms with Gasteiger partial charge in [-0.15, -0.1) is 0 Å². The SMILES string of the molecule is CC(=CP=O)C(N)=O. The number of carbonyl (C=O) groups is 1. The van der Waals surface area contributed by atoms with Gasteiger partial charge in [-0.3, -0.25) is 9.36 Å². The van der Waals surface area contributed by atoms with Crippen molar-refractivity contribution in [2.24, 2.45) is 5.73 Å². The highest BCUT2D eigenvalue weighted by atomic mass is 31.1. The predicted molar refractivity (Wildman–Crippen MR) is 30.6 cm³/mol. The summed E-state index contributed by atoms with van der Waals surface area (Å²) in [6.45, 7) is 1.51. The number of carbonyl (C=O) groups excluding carboxylic acids is 1. The Labute approximate surface area is 48.8 Å². The summed E-state index contributed by atoms with van der Waals surface area (Å²) in [5, 5.41) is 0. The molecular formula is C4H6NO2P. The van der Waals surface area contributed by atoms with E-state index < -0.39 is 5.91 Å². The Balaban J connectivity index is 3.99. The molecule has 0 rings (SSSR count). The van der Waals surface area contributed by atoms with Crippen LogP contribution in [0.25, 0.3) is 0 Å². The smallest absolute Gasteiger partial charge is 0.244 e. The van der Waals surface area contributed by atoms with E-state index in [1.807, 2.05) is 0 Å². The molecule has 0 unspecified atom stereocenters. The van der Waals surface area contributed by atoms with E-state index in [2.05, 4.69) is 0 Å². The third-order valence-corrected chi connectivity index (χ3v) is 1.13. The van der Waals surface area contributed by atoms with Crippen molar-refractivity contribution in [3.63, 3.8) is 0 Å². The van der Waals surface area contributed by atoms with E-state index >= 15 is 0 Å². The fraction of sp³-hybridized carbons (Fsp3) is 0.250. The number of hydrogen-bond donors (Lipinski definition) is 1. The van der Waals surface area contributed by atoms with Crippen LogP contribution in [-0.4, -0.2) is 5.91 Å². The molecule has 0 aromatic carbocycles. The van der Waals surface area contributed by atoms with Crippen LogP contribution in [0.15, 0.2) is 11.4 Å². The predicted octanol–water partition coefficient (Wildman–Crippen LogP) is 0.667. The summed E-state index contributed by atoms with van der Waals surface area (Å²) >= 11 is 0. The lowest BCUT2D eigenvalue weighted by atomic mass is 10.3. The molecule has 0 radical (unpaired) electrons. The zero-order chi connectivity index (χ0) is 6.57. The molecule has 0 aliphatic heterocycles. The molecule has 0 bridgehead atoms. The van der Waals surface area contributed by atoms with Gasteiger partial charge in [-0.25, -0.2) is 0 Å². The molecule has 1 amide bonds. The molecule has 3 nitrogen and oxygen atoms in total. The van der Waals surface area contributed by atoms with Gasteiger partial charge in [0.05, 0.1) is 0 Å². The minimum absolute atomic E-state index is 0.178. The molecule has 0 aliphatic carbocycles. The zero-order valence-electron chi connectivity index (χ0n) is 4.42. The topological polar surface area (TPSA) is 60.2 Å². The highest BCUT2D eigenvalue weighted by molar-refractivity contribution is 7.27. The average Bonchev–Trinajstić information content (AvgIpc) is 1.67. The first-order valence-electron chi connectivity index (χ1n) is 1.97. The molecule has 0 aromatic heterocycles. The number of rotatable bonds is 2. The molecule has 44 valence electrons. The van der Waals surface area contributed by atoms with Gasteiger partial charge in [0.2, 0.25) is 5.91 Å². The van der Waals surface area contributed by atoms with Gasteiger partial charge in [0, 0.05) is 11.4 Å². The van der Waals surface area contributed by atoms with Crippen molar-refractivity contribution in [3.8, 4) is 0 Å². The lowest BCUT2D eigenvalue weighted by molar-refractivity contribution is -0.114. The number of primary amides is 1. The van der Waals surface area contributed by atoms with Crippen molar-refractivity contribution >= 4 is 14.4 Å². The fourth-order valence-corrected chi connectivity index (χ4v) is 0.428. The van der Waals surface area contributed by atoms with Crippen molar-refractivity contribution in [2.45, 2.75) is 6.92 Å². The summed E-state index contributed by atoms with van der Waals surface area (Å²) in [7, 11) is -0.178. The standard InChI is InChI=1S/C4H6NO2P/c1-3(2-8-7)4(5)6/h2H,1H3,(H2,5,6). The molecule has 0 spiro atoms. The van der Waals surface area contributed by atoms with E-state index in [1.54, 1.807) is 0 Å². The van der Waals surface area contributed by atoms with Crippen LogP contribution < -0.4 is 5.73 Å². The Morgan fingerprint density at radius 1 is 1.75 bits per heavy atom. The largest absolute Gasteiger partial charge is 0.366 e. The Morgan fingerprint density at radius 2 is 2.25 bits per heavy atom. The normalized spacial score (nSPS) is 11.9. The third kappa shape index (κ3) is 2.48. The lowest BCUT2D eigenvalue weighted by Crippen LogP contribution is -2.10. The monoisotopic (exact) mass is 131 g/mol. The molecule has 0 aliphatic rings. The van der Waals surface area contributed by atoms with Crippen molar-refractivity contribution in [3.05, 3.63) is 11.4 Å². The molecule has 8 heavy (non-hydrogen) atoms. The highest BCUT2D eigenvalue weighted by Crippen LogP contribution is 1.99. The van der Waals surface area contributed by atoms with Gasteiger partial charge < -0.3 is 5.73 Å². The highest BCUT2D eigenvalue weighted by Gasteiger charge is 1.93. The van der Waals surface area contributed by atoms with E-state index in [-0.39, 0.29) is 8.46 Å². The van der Waals surface area contributed by atoms with Crippen molar-refractivity contribution < 1.29 is 9.36 Å². The lowest BCUT2D eigenvalue weighted by Gasteiger charge is -1.84. The molecular weight excluding hydrogens is 125 g/mol. The maximum absolute atomic E-state index is 10.1.